The van der Waals surface area contributed by atoms with Gasteiger partial charge in [0.1, 0.15) is 0 Å². The molecule has 4 nitrogen and oxygen atoms in total. The number of nitrogens with one attached hydrogen (secondary N) is 1. The molecule has 4 heteroatoms. The molecule has 1 saturated heterocycles. The van der Waals surface area contributed by atoms with E-state index in [1.165, 1.54) is 12.8 Å². The van der Waals surface area contributed by atoms with Gasteiger partial charge in [0, 0.05) is 6.54 Å². The summed E-state index contributed by atoms with van der Waals surface area (Å²) in [7, 11) is 0. The highest BCUT2D eigenvalue weighted by Crippen LogP contribution is 2.19. The SMILES string of the molecule is CC(C)CCCNCC1CCC(C(=O)O)O1. The number of rotatable bonds is 7. The maximum absolute atomic E-state index is 10.7. The molecule has 2 atom stereocenters. The van der Waals surface area contributed by atoms with Crippen LogP contribution in [0.15, 0.2) is 0 Å². The summed E-state index contributed by atoms with van der Waals surface area (Å²) in [5.41, 5.74) is 0. The van der Waals surface area contributed by atoms with Crippen molar-refractivity contribution in [2.45, 2.75) is 51.7 Å². The van der Waals surface area contributed by atoms with E-state index < -0.39 is 12.1 Å². The van der Waals surface area contributed by atoms with E-state index >= 15 is 0 Å². The lowest BCUT2D eigenvalue weighted by molar-refractivity contribution is -0.149. The van der Waals surface area contributed by atoms with E-state index in [9.17, 15) is 4.79 Å². The second-order valence-corrected chi connectivity index (χ2v) is 4.90. The van der Waals surface area contributed by atoms with Gasteiger partial charge in [0.05, 0.1) is 6.10 Å². The van der Waals surface area contributed by atoms with Crippen LogP contribution in [0.1, 0.15) is 39.5 Å². The highest BCUT2D eigenvalue weighted by Gasteiger charge is 2.29. The molecule has 0 aliphatic carbocycles. The van der Waals surface area contributed by atoms with E-state index in [1.807, 2.05) is 0 Å². The first-order chi connectivity index (χ1) is 7.59. The third kappa shape index (κ3) is 4.94. The lowest BCUT2D eigenvalue weighted by Gasteiger charge is -2.12. The molecule has 0 spiro atoms. The van der Waals surface area contributed by atoms with Crippen LogP contribution in [0.4, 0.5) is 0 Å². The zero-order valence-electron chi connectivity index (χ0n) is 10.2. The third-order valence-electron chi connectivity index (χ3n) is 2.89. The van der Waals surface area contributed by atoms with Crippen molar-refractivity contribution in [2.75, 3.05) is 13.1 Å². The minimum atomic E-state index is -0.831. The summed E-state index contributed by atoms with van der Waals surface area (Å²) < 4.78 is 5.39. The number of hydrogen-bond acceptors (Lipinski definition) is 3. The summed E-state index contributed by atoms with van der Waals surface area (Å²) in [5, 5.41) is 12.1. The Hall–Kier alpha value is -0.610. The predicted molar refractivity (Wildman–Crippen MR) is 62.5 cm³/mol. The molecule has 0 radical (unpaired) electrons. The maximum Gasteiger partial charge on any atom is 0.332 e. The Labute approximate surface area is 97.4 Å². The number of hydrogen-bond donors (Lipinski definition) is 2. The molecule has 94 valence electrons. The molecule has 0 aromatic heterocycles. The lowest BCUT2D eigenvalue weighted by atomic mass is 10.1. The van der Waals surface area contributed by atoms with Gasteiger partial charge in [0.25, 0.3) is 0 Å². The molecule has 1 aliphatic heterocycles. The van der Waals surface area contributed by atoms with E-state index in [1.54, 1.807) is 0 Å². The quantitative estimate of drug-likeness (QED) is 0.652. The molecule has 0 bridgehead atoms. The predicted octanol–water partition coefficient (Wildman–Crippen LogP) is 1.64. The van der Waals surface area contributed by atoms with Crippen LogP contribution < -0.4 is 5.32 Å². The highest BCUT2D eigenvalue weighted by molar-refractivity contribution is 5.72. The molecule has 2 unspecified atom stereocenters. The molecular formula is C12H23NO3. The summed E-state index contributed by atoms with van der Waals surface area (Å²) in [6, 6.07) is 0. The smallest absolute Gasteiger partial charge is 0.332 e. The third-order valence-corrected chi connectivity index (χ3v) is 2.89. The van der Waals surface area contributed by atoms with Crippen molar-refractivity contribution in [3.63, 3.8) is 0 Å². The van der Waals surface area contributed by atoms with Crippen LogP contribution in [-0.4, -0.2) is 36.4 Å². The van der Waals surface area contributed by atoms with Crippen LogP contribution in [-0.2, 0) is 9.53 Å². The van der Waals surface area contributed by atoms with E-state index in [0.29, 0.717) is 6.42 Å². The van der Waals surface area contributed by atoms with Gasteiger partial charge in [-0.25, -0.2) is 4.79 Å². The lowest BCUT2D eigenvalue weighted by Crippen LogP contribution is -2.29. The van der Waals surface area contributed by atoms with Crippen LogP contribution >= 0.6 is 0 Å². The molecule has 0 saturated carbocycles. The van der Waals surface area contributed by atoms with Crippen LogP contribution in [0, 0.1) is 5.92 Å². The maximum atomic E-state index is 10.7. The van der Waals surface area contributed by atoms with Gasteiger partial charge in [-0.15, -0.1) is 0 Å². The Bertz CT molecular complexity index is 218. The average molecular weight is 229 g/mol. The number of carboxylic acids is 1. The van der Waals surface area contributed by atoms with E-state index in [-0.39, 0.29) is 6.10 Å². The first-order valence-corrected chi connectivity index (χ1v) is 6.18. The zero-order valence-corrected chi connectivity index (χ0v) is 10.2. The Morgan fingerprint density at radius 1 is 1.50 bits per heavy atom. The van der Waals surface area contributed by atoms with Gasteiger partial charge in [0.15, 0.2) is 6.10 Å². The standard InChI is InChI=1S/C12H23NO3/c1-9(2)4-3-7-13-8-10-5-6-11(16-10)12(14)15/h9-11,13H,3-8H2,1-2H3,(H,14,15). The normalized spacial score (nSPS) is 25.2. The number of carbonyl (C=O) groups is 1. The topological polar surface area (TPSA) is 58.6 Å². The molecule has 16 heavy (non-hydrogen) atoms. The number of aliphatic carboxylic acids is 1. The van der Waals surface area contributed by atoms with Crippen LogP contribution in [0.25, 0.3) is 0 Å². The van der Waals surface area contributed by atoms with Crippen LogP contribution in [0.2, 0.25) is 0 Å². The fraction of sp³-hybridized carbons (Fsp3) is 0.917. The van der Waals surface area contributed by atoms with E-state index in [2.05, 4.69) is 19.2 Å². The minimum Gasteiger partial charge on any atom is -0.479 e. The average Bonchev–Trinajstić information content (AvgIpc) is 2.65. The second-order valence-electron chi connectivity index (χ2n) is 4.90. The minimum absolute atomic E-state index is 0.0835. The molecule has 1 aliphatic rings. The molecule has 1 rings (SSSR count). The summed E-state index contributed by atoms with van der Waals surface area (Å²) >= 11 is 0. The molecule has 0 aromatic carbocycles. The van der Waals surface area contributed by atoms with Gasteiger partial charge in [-0.3, -0.25) is 0 Å². The van der Waals surface area contributed by atoms with Crippen molar-refractivity contribution in [1.29, 1.82) is 0 Å². The second kappa shape index (κ2) is 6.86. The fourth-order valence-corrected chi connectivity index (χ4v) is 1.94. The Balaban J connectivity index is 2.00. The van der Waals surface area contributed by atoms with Crippen LogP contribution in [0.3, 0.4) is 0 Å². The first kappa shape index (κ1) is 13.5. The van der Waals surface area contributed by atoms with Crippen molar-refractivity contribution >= 4 is 5.97 Å². The van der Waals surface area contributed by atoms with Crippen molar-refractivity contribution < 1.29 is 14.6 Å². The van der Waals surface area contributed by atoms with Gasteiger partial charge in [-0.05, 0) is 38.1 Å². The first-order valence-electron chi connectivity index (χ1n) is 6.18. The largest absolute Gasteiger partial charge is 0.479 e. The fourth-order valence-electron chi connectivity index (χ4n) is 1.94. The highest BCUT2D eigenvalue weighted by atomic mass is 16.5. The molecule has 2 N–H and O–H groups in total. The van der Waals surface area contributed by atoms with Crippen molar-refractivity contribution in [3.8, 4) is 0 Å². The van der Waals surface area contributed by atoms with Gasteiger partial charge in [-0.1, -0.05) is 13.8 Å². The number of ether oxygens (including phenoxy) is 1. The monoisotopic (exact) mass is 229 g/mol. The summed E-state index contributed by atoms with van der Waals surface area (Å²) in [5.74, 6) is -0.0803. The summed E-state index contributed by atoms with van der Waals surface area (Å²) in [6.45, 7) is 6.22. The number of carboxylic acid groups (broad SMARTS) is 1. The molecule has 0 amide bonds. The summed E-state index contributed by atoms with van der Waals surface area (Å²) in [6.07, 6.45) is 3.41. The molecule has 1 heterocycles. The van der Waals surface area contributed by atoms with Crippen LogP contribution in [0.5, 0.6) is 0 Å². The molecular weight excluding hydrogens is 206 g/mol. The Morgan fingerprint density at radius 2 is 2.25 bits per heavy atom. The molecule has 1 fully saturated rings. The van der Waals surface area contributed by atoms with Crippen molar-refractivity contribution in [2.24, 2.45) is 5.92 Å². The summed E-state index contributed by atoms with van der Waals surface area (Å²) in [4.78, 5) is 10.7. The van der Waals surface area contributed by atoms with Gasteiger partial charge < -0.3 is 15.2 Å². The van der Waals surface area contributed by atoms with E-state index in [4.69, 9.17) is 9.84 Å². The molecule has 0 aromatic rings. The van der Waals surface area contributed by atoms with E-state index in [0.717, 1.165) is 25.4 Å². The van der Waals surface area contributed by atoms with Gasteiger partial charge >= 0.3 is 5.97 Å². The van der Waals surface area contributed by atoms with Crippen molar-refractivity contribution in [1.82, 2.24) is 5.32 Å². The van der Waals surface area contributed by atoms with Gasteiger partial charge in [-0.2, -0.15) is 0 Å². The van der Waals surface area contributed by atoms with Gasteiger partial charge in [0.2, 0.25) is 0 Å². The van der Waals surface area contributed by atoms with Crippen molar-refractivity contribution in [3.05, 3.63) is 0 Å². The Kier molecular flexibility index (Phi) is 5.77. The zero-order chi connectivity index (χ0) is 12.0. The Morgan fingerprint density at radius 3 is 2.81 bits per heavy atom.